The number of ether oxygens (including phenoxy) is 1. The van der Waals surface area contributed by atoms with Gasteiger partial charge in [0.25, 0.3) is 0 Å². The lowest BCUT2D eigenvalue weighted by atomic mass is 9.85. The minimum absolute atomic E-state index is 0.0611. The molecule has 0 radical (unpaired) electrons. The fraction of sp³-hybridized carbons (Fsp3) is 0.556. The predicted octanol–water partition coefficient (Wildman–Crippen LogP) is 5.19. The molecule has 0 N–H and O–H groups in total. The zero-order valence-electron chi connectivity index (χ0n) is 12.3. The number of aryl methyl sites for hydroxylation is 1. The van der Waals surface area contributed by atoms with Gasteiger partial charge in [0.15, 0.2) is 11.6 Å². The molecule has 0 atom stereocenters. The van der Waals surface area contributed by atoms with Gasteiger partial charge in [0.05, 0.1) is 6.10 Å². The molecule has 1 nitrogen and oxygen atoms in total. The standard InChI is InChI=1S/C18H22F2O/c19-17-14(8-2-1-5-13-6-3-7-13)11-12-16(18(17)20)21-15-9-4-10-15/h1,5,11-13,15H,2-4,6-10H2/b5-1+. The number of hydrogen-bond donors (Lipinski definition) is 0. The Bertz CT molecular complexity index is 516. The third kappa shape index (κ3) is 3.45. The second kappa shape index (κ2) is 6.59. The van der Waals surface area contributed by atoms with Crippen LogP contribution in [0.25, 0.3) is 0 Å². The lowest BCUT2D eigenvalue weighted by molar-refractivity contribution is 0.114. The molecule has 21 heavy (non-hydrogen) atoms. The topological polar surface area (TPSA) is 9.23 Å². The normalized spacial score (nSPS) is 19.5. The van der Waals surface area contributed by atoms with Crippen molar-refractivity contribution >= 4 is 0 Å². The maximum atomic E-state index is 14.0. The summed E-state index contributed by atoms with van der Waals surface area (Å²) in [7, 11) is 0. The van der Waals surface area contributed by atoms with Crippen molar-refractivity contribution < 1.29 is 13.5 Å². The van der Waals surface area contributed by atoms with Crippen LogP contribution in [0.5, 0.6) is 5.75 Å². The highest BCUT2D eigenvalue weighted by Gasteiger charge is 2.22. The Morgan fingerprint density at radius 3 is 2.43 bits per heavy atom. The first-order valence-electron chi connectivity index (χ1n) is 8.04. The predicted molar refractivity (Wildman–Crippen MR) is 79.4 cm³/mol. The minimum atomic E-state index is -0.831. The van der Waals surface area contributed by atoms with Gasteiger partial charge in [-0.2, -0.15) is 4.39 Å². The summed E-state index contributed by atoms with van der Waals surface area (Å²) in [6.07, 6.45) is 12.5. The molecule has 1 aromatic carbocycles. The van der Waals surface area contributed by atoms with Gasteiger partial charge in [0.2, 0.25) is 5.82 Å². The van der Waals surface area contributed by atoms with Crippen LogP contribution >= 0.6 is 0 Å². The Hall–Kier alpha value is -1.38. The molecule has 2 saturated carbocycles. The van der Waals surface area contributed by atoms with Gasteiger partial charge in [0.1, 0.15) is 0 Å². The summed E-state index contributed by atoms with van der Waals surface area (Å²) < 4.78 is 33.5. The second-order valence-electron chi connectivity index (χ2n) is 6.18. The van der Waals surface area contributed by atoms with E-state index in [2.05, 4.69) is 12.2 Å². The molecule has 3 heteroatoms. The van der Waals surface area contributed by atoms with Crippen molar-refractivity contribution in [1.82, 2.24) is 0 Å². The van der Waals surface area contributed by atoms with Crippen LogP contribution in [-0.2, 0) is 6.42 Å². The van der Waals surface area contributed by atoms with Crippen molar-refractivity contribution in [3.8, 4) is 5.75 Å². The summed E-state index contributed by atoms with van der Waals surface area (Å²) in [5.74, 6) is -0.804. The van der Waals surface area contributed by atoms with Crippen LogP contribution in [0.15, 0.2) is 24.3 Å². The van der Waals surface area contributed by atoms with Gasteiger partial charge >= 0.3 is 0 Å². The van der Waals surface area contributed by atoms with E-state index in [-0.39, 0.29) is 11.9 Å². The summed E-state index contributed by atoms with van der Waals surface area (Å²) >= 11 is 0. The Labute approximate surface area is 125 Å². The Morgan fingerprint density at radius 2 is 1.81 bits per heavy atom. The van der Waals surface area contributed by atoms with Gasteiger partial charge < -0.3 is 4.74 Å². The molecule has 0 aromatic heterocycles. The molecule has 114 valence electrons. The van der Waals surface area contributed by atoms with E-state index in [1.54, 1.807) is 12.1 Å². The molecule has 0 unspecified atom stereocenters. The molecule has 1 aromatic rings. The average molecular weight is 292 g/mol. The first-order valence-corrected chi connectivity index (χ1v) is 8.04. The van der Waals surface area contributed by atoms with Crippen LogP contribution < -0.4 is 4.74 Å². The van der Waals surface area contributed by atoms with E-state index in [1.165, 1.54) is 19.3 Å². The van der Waals surface area contributed by atoms with Crippen LogP contribution in [-0.4, -0.2) is 6.10 Å². The van der Waals surface area contributed by atoms with Gasteiger partial charge in [-0.25, -0.2) is 4.39 Å². The van der Waals surface area contributed by atoms with Crippen molar-refractivity contribution in [1.29, 1.82) is 0 Å². The third-order valence-electron chi connectivity index (χ3n) is 4.61. The number of rotatable bonds is 6. The highest BCUT2D eigenvalue weighted by atomic mass is 19.2. The number of halogens is 2. The van der Waals surface area contributed by atoms with Gasteiger partial charge in [-0.15, -0.1) is 0 Å². The summed E-state index contributed by atoms with van der Waals surface area (Å²) in [6.45, 7) is 0. The maximum absolute atomic E-state index is 14.0. The van der Waals surface area contributed by atoms with E-state index in [9.17, 15) is 8.78 Å². The molecule has 0 aliphatic heterocycles. The lowest BCUT2D eigenvalue weighted by Gasteiger charge is -2.26. The Kier molecular flexibility index (Phi) is 4.57. The molecule has 0 bridgehead atoms. The maximum Gasteiger partial charge on any atom is 0.200 e. The third-order valence-corrected chi connectivity index (χ3v) is 4.61. The molecule has 0 heterocycles. The highest BCUT2D eigenvalue weighted by molar-refractivity contribution is 5.31. The van der Waals surface area contributed by atoms with E-state index in [4.69, 9.17) is 4.74 Å². The molecular weight excluding hydrogens is 270 g/mol. The fourth-order valence-electron chi connectivity index (χ4n) is 2.68. The smallest absolute Gasteiger partial charge is 0.200 e. The molecule has 2 aliphatic carbocycles. The van der Waals surface area contributed by atoms with E-state index in [0.717, 1.165) is 25.7 Å². The number of benzene rings is 1. The molecular formula is C18H22F2O. The van der Waals surface area contributed by atoms with Crippen molar-refractivity contribution in [3.05, 3.63) is 41.5 Å². The van der Waals surface area contributed by atoms with Crippen LogP contribution in [0.1, 0.15) is 50.5 Å². The summed E-state index contributed by atoms with van der Waals surface area (Å²) in [4.78, 5) is 0. The molecule has 0 spiro atoms. The Balaban J connectivity index is 1.57. The highest BCUT2D eigenvalue weighted by Crippen LogP contribution is 2.30. The second-order valence-corrected chi connectivity index (χ2v) is 6.18. The van der Waals surface area contributed by atoms with Gasteiger partial charge in [-0.05, 0) is 62.5 Å². The van der Waals surface area contributed by atoms with Crippen LogP contribution in [0.2, 0.25) is 0 Å². The quantitative estimate of drug-likeness (QED) is 0.656. The van der Waals surface area contributed by atoms with Crippen LogP contribution in [0.3, 0.4) is 0 Å². The fourth-order valence-corrected chi connectivity index (χ4v) is 2.68. The lowest BCUT2D eigenvalue weighted by Crippen LogP contribution is -2.25. The van der Waals surface area contributed by atoms with Gasteiger partial charge in [0, 0.05) is 0 Å². The molecule has 2 aliphatic rings. The molecule has 0 saturated heterocycles. The SMILES string of the molecule is Fc1c(CC/C=C/C2CCC2)ccc(OC2CCC2)c1F. The van der Waals surface area contributed by atoms with Crippen molar-refractivity contribution in [2.24, 2.45) is 5.92 Å². The first kappa shape index (κ1) is 14.6. The summed E-state index contributed by atoms with van der Waals surface area (Å²) in [5, 5.41) is 0. The van der Waals surface area contributed by atoms with Gasteiger partial charge in [-0.3, -0.25) is 0 Å². The monoisotopic (exact) mass is 292 g/mol. The van der Waals surface area contributed by atoms with Crippen molar-refractivity contribution in [2.45, 2.75) is 57.5 Å². The molecule has 2 fully saturated rings. The van der Waals surface area contributed by atoms with Gasteiger partial charge in [-0.1, -0.05) is 24.6 Å². The van der Waals surface area contributed by atoms with E-state index in [1.807, 2.05) is 0 Å². The zero-order chi connectivity index (χ0) is 14.7. The minimum Gasteiger partial charge on any atom is -0.487 e. The van der Waals surface area contributed by atoms with Crippen molar-refractivity contribution in [3.63, 3.8) is 0 Å². The number of allylic oxidation sites excluding steroid dienone is 2. The van der Waals surface area contributed by atoms with E-state index in [0.29, 0.717) is 17.9 Å². The first-order chi connectivity index (χ1) is 10.2. The largest absolute Gasteiger partial charge is 0.487 e. The number of hydrogen-bond acceptors (Lipinski definition) is 1. The molecule has 0 amide bonds. The Morgan fingerprint density at radius 1 is 1.05 bits per heavy atom. The van der Waals surface area contributed by atoms with Crippen LogP contribution in [0.4, 0.5) is 8.78 Å². The summed E-state index contributed by atoms with van der Waals surface area (Å²) in [5.41, 5.74) is 0.437. The average Bonchev–Trinajstić information content (AvgIpc) is 2.38. The van der Waals surface area contributed by atoms with Crippen LogP contribution in [0, 0.1) is 17.6 Å². The summed E-state index contributed by atoms with van der Waals surface area (Å²) in [6, 6.07) is 3.23. The molecule has 3 rings (SSSR count). The van der Waals surface area contributed by atoms with E-state index < -0.39 is 11.6 Å². The zero-order valence-corrected chi connectivity index (χ0v) is 12.3. The van der Waals surface area contributed by atoms with E-state index >= 15 is 0 Å². The van der Waals surface area contributed by atoms with Crippen molar-refractivity contribution in [2.75, 3.05) is 0 Å².